The van der Waals surface area contributed by atoms with Crippen molar-refractivity contribution < 1.29 is 4.74 Å². The number of aromatic nitrogens is 4. The van der Waals surface area contributed by atoms with Crippen LogP contribution in [0.4, 0.5) is 0 Å². The highest BCUT2D eigenvalue weighted by molar-refractivity contribution is 6.09. The first-order chi connectivity index (χ1) is 21.7. The van der Waals surface area contributed by atoms with E-state index in [0.29, 0.717) is 17.8 Å². The van der Waals surface area contributed by atoms with Gasteiger partial charge in [-0.2, -0.15) is 5.10 Å². The molecule has 0 aliphatic heterocycles. The summed E-state index contributed by atoms with van der Waals surface area (Å²) in [4.78, 5) is 4.74. The summed E-state index contributed by atoms with van der Waals surface area (Å²) in [6, 6.07) is 25.5. The predicted molar refractivity (Wildman–Crippen MR) is 185 cm³/mol. The van der Waals surface area contributed by atoms with E-state index in [1.165, 1.54) is 46.0 Å². The molecule has 1 aliphatic rings. The van der Waals surface area contributed by atoms with E-state index in [9.17, 15) is 0 Å². The third-order valence-corrected chi connectivity index (χ3v) is 9.44. The molecule has 3 aromatic heterocycles. The van der Waals surface area contributed by atoms with Gasteiger partial charge in [0.2, 0.25) is 0 Å². The van der Waals surface area contributed by atoms with E-state index >= 15 is 0 Å². The van der Waals surface area contributed by atoms with Crippen LogP contribution < -0.4 is 4.74 Å². The number of pyridine rings is 1. The van der Waals surface area contributed by atoms with Gasteiger partial charge in [0.05, 0.1) is 28.1 Å². The fraction of sp³-hybridized carbons (Fsp3) is 0.300. The number of hydrogen-bond acceptors (Lipinski definition) is 3. The number of benzene rings is 3. The first-order valence-electron chi connectivity index (χ1n) is 16.2. The van der Waals surface area contributed by atoms with Crippen LogP contribution in [-0.4, -0.2) is 19.3 Å². The van der Waals surface area contributed by atoms with Gasteiger partial charge in [-0.15, -0.1) is 0 Å². The van der Waals surface area contributed by atoms with Crippen molar-refractivity contribution in [3.05, 3.63) is 119 Å². The minimum absolute atomic E-state index is 0.326. The smallest absolute Gasteiger partial charge is 0.137 e. The lowest BCUT2D eigenvalue weighted by Gasteiger charge is -2.30. The van der Waals surface area contributed by atoms with Gasteiger partial charge in [0.25, 0.3) is 0 Å². The first-order valence-corrected chi connectivity index (χ1v) is 16.2. The van der Waals surface area contributed by atoms with E-state index in [1.54, 1.807) is 0 Å². The number of hydrogen-bond donors (Lipinski definition) is 0. The van der Waals surface area contributed by atoms with Crippen molar-refractivity contribution in [1.29, 1.82) is 0 Å². The number of ether oxygens (including phenoxy) is 1. The molecule has 228 valence electrons. The zero-order valence-corrected chi connectivity index (χ0v) is 27.4. The standard InChI is InChI=1S/C40H42N4O/c1-24(2)40-39(38-27(5)11-10-12-28(38)6)29(7)42-44(40)30-19-26(4)20-32(22-30)45-31-15-16-34-33-13-8-9-14-35(33)43(36(34)23-31)37-21-25(3)17-18-41-37/h8-9,11,13-24,28,38H,10,12H2,1-7H3/t28-,38+/m0/s1. The molecule has 0 fully saturated rings. The van der Waals surface area contributed by atoms with Gasteiger partial charge < -0.3 is 4.74 Å². The Morgan fingerprint density at radius 3 is 2.40 bits per heavy atom. The van der Waals surface area contributed by atoms with Crippen LogP contribution in [0, 0.1) is 26.7 Å². The molecule has 0 amide bonds. The van der Waals surface area contributed by atoms with Gasteiger partial charge in [-0.3, -0.25) is 4.57 Å². The molecule has 0 unspecified atom stereocenters. The number of rotatable bonds is 6. The van der Waals surface area contributed by atoms with Crippen LogP contribution in [-0.2, 0) is 0 Å². The molecule has 0 saturated carbocycles. The summed E-state index contributed by atoms with van der Waals surface area (Å²) < 4.78 is 11.1. The molecule has 6 aromatic rings. The molecular formula is C40H42N4O. The highest BCUT2D eigenvalue weighted by atomic mass is 16.5. The van der Waals surface area contributed by atoms with Gasteiger partial charge in [0.1, 0.15) is 17.3 Å². The normalized spacial score (nSPS) is 16.9. The maximum absolute atomic E-state index is 6.64. The zero-order valence-electron chi connectivity index (χ0n) is 27.4. The van der Waals surface area contributed by atoms with E-state index in [-0.39, 0.29) is 0 Å². The predicted octanol–water partition coefficient (Wildman–Crippen LogP) is 10.7. The summed E-state index contributed by atoms with van der Waals surface area (Å²) in [6.07, 6.45) is 6.69. The van der Waals surface area contributed by atoms with Crippen LogP contribution >= 0.6 is 0 Å². The molecule has 0 radical (unpaired) electrons. The molecular weight excluding hydrogens is 552 g/mol. The maximum atomic E-state index is 6.64. The molecule has 1 aliphatic carbocycles. The number of allylic oxidation sites excluding steroid dienone is 2. The molecule has 0 bridgehead atoms. The van der Waals surface area contributed by atoms with Crippen LogP contribution in [0.3, 0.4) is 0 Å². The van der Waals surface area contributed by atoms with Gasteiger partial charge in [-0.25, -0.2) is 9.67 Å². The number of nitrogens with zero attached hydrogens (tertiary/aromatic N) is 4. The highest BCUT2D eigenvalue weighted by Gasteiger charge is 2.31. The van der Waals surface area contributed by atoms with Gasteiger partial charge in [0, 0.05) is 40.6 Å². The molecule has 3 heterocycles. The molecule has 45 heavy (non-hydrogen) atoms. The van der Waals surface area contributed by atoms with E-state index in [2.05, 4.69) is 131 Å². The third-order valence-electron chi connectivity index (χ3n) is 9.44. The monoisotopic (exact) mass is 594 g/mol. The lowest BCUT2D eigenvalue weighted by atomic mass is 9.74. The summed E-state index contributed by atoms with van der Waals surface area (Å²) in [7, 11) is 0. The largest absolute Gasteiger partial charge is 0.457 e. The van der Waals surface area contributed by atoms with Crippen molar-refractivity contribution in [2.24, 2.45) is 5.92 Å². The van der Waals surface area contributed by atoms with Crippen molar-refractivity contribution in [1.82, 2.24) is 19.3 Å². The van der Waals surface area contributed by atoms with Crippen molar-refractivity contribution in [3.63, 3.8) is 0 Å². The molecule has 0 spiro atoms. The zero-order chi connectivity index (χ0) is 31.4. The molecule has 7 rings (SSSR count). The second kappa shape index (κ2) is 11.4. The van der Waals surface area contributed by atoms with E-state index in [4.69, 9.17) is 14.8 Å². The molecule has 5 heteroatoms. The lowest BCUT2D eigenvalue weighted by Crippen LogP contribution is -2.18. The van der Waals surface area contributed by atoms with Crippen LogP contribution in [0.2, 0.25) is 0 Å². The minimum atomic E-state index is 0.326. The fourth-order valence-electron chi connectivity index (χ4n) is 7.47. The molecule has 0 N–H and O–H groups in total. The molecule has 3 aromatic carbocycles. The van der Waals surface area contributed by atoms with Gasteiger partial charge in [0.15, 0.2) is 0 Å². The Labute approximate surface area is 266 Å². The van der Waals surface area contributed by atoms with Gasteiger partial charge in [-0.05, 0) is 106 Å². The molecule has 2 atom stereocenters. The Balaban J connectivity index is 1.32. The quantitative estimate of drug-likeness (QED) is 0.180. The molecule has 5 nitrogen and oxygen atoms in total. The van der Waals surface area contributed by atoms with E-state index in [1.807, 2.05) is 12.3 Å². The summed E-state index contributed by atoms with van der Waals surface area (Å²) in [5, 5.41) is 7.55. The Bertz CT molecular complexity index is 2090. The second-order valence-electron chi connectivity index (χ2n) is 13.3. The van der Waals surface area contributed by atoms with Crippen LogP contribution in [0.1, 0.15) is 80.5 Å². The van der Waals surface area contributed by atoms with Gasteiger partial charge >= 0.3 is 0 Å². The van der Waals surface area contributed by atoms with Crippen molar-refractivity contribution >= 4 is 21.8 Å². The minimum Gasteiger partial charge on any atom is -0.457 e. The SMILES string of the molecule is CC1=CCC[C@H](C)[C@@H]1c1c(C)nn(-c2cc(C)cc(Oc3ccc4c5ccccc5n(-c5cc(C)ccn5)c4c3)c2)c1C(C)C. The average molecular weight is 595 g/mol. The third kappa shape index (κ3) is 5.14. The number of fused-ring (bicyclic) bond motifs is 3. The van der Waals surface area contributed by atoms with Crippen LogP contribution in [0.5, 0.6) is 11.5 Å². The Morgan fingerprint density at radius 1 is 0.822 bits per heavy atom. The van der Waals surface area contributed by atoms with Crippen LogP contribution in [0.25, 0.3) is 33.3 Å². The Kier molecular flexibility index (Phi) is 7.35. The highest BCUT2D eigenvalue weighted by Crippen LogP contribution is 2.44. The summed E-state index contributed by atoms with van der Waals surface area (Å²) >= 11 is 0. The lowest BCUT2D eigenvalue weighted by molar-refractivity contribution is 0.445. The molecule has 0 saturated heterocycles. The van der Waals surface area contributed by atoms with Crippen molar-refractivity contribution in [2.75, 3.05) is 0 Å². The van der Waals surface area contributed by atoms with Gasteiger partial charge in [-0.1, -0.05) is 50.6 Å². The number of para-hydroxylation sites is 1. The first kappa shape index (κ1) is 29.1. The summed E-state index contributed by atoms with van der Waals surface area (Å²) in [5.74, 6) is 3.82. The Hall–Kier alpha value is -4.64. The fourth-order valence-corrected chi connectivity index (χ4v) is 7.47. The van der Waals surface area contributed by atoms with Crippen LogP contribution in [0.15, 0.2) is 90.6 Å². The van der Waals surface area contributed by atoms with E-state index < -0.39 is 0 Å². The second-order valence-corrected chi connectivity index (χ2v) is 13.3. The van der Waals surface area contributed by atoms with E-state index in [0.717, 1.165) is 45.3 Å². The maximum Gasteiger partial charge on any atom is 0.137 e. The summed E-state index contributed by atoms with van der Waals surface area (Å²) in [6.45, 7) is 15.7. The summed E-state index contributed by atoms with van der Waals surface area (Å²) in [5.41, 5.74) is 10.8. The average Bonchev–Trinajstić information content (AvgIpc) is 3.51. The Morgan fingerprint density at radius 2 is 1.62 bits per heavy atom. The number of aryl methyl sites for hydroxylation is 3. The van der Waals surface area contributed by atoms with Crippen molar-refractivity contribution in [3.8, 4) is 23.0 Å². The van der Waals surface area contributed by atoms with Crippen molar-refractivity contribution in [2.45, 2.75) is 73.1 Å². The topological polar surface area (TPSA) is 44.9 Å².